The molecule has 41 heavy (non-hydrogen) atoms. The molecule has 206 valence electrons. The summed E-state index contributed by atoms with van der Waals surface area (Å²) in [6.45, 7) is 0.675. The van der Waals surface area contributed by atoms with E-state index in [0.717, 1.165) is 33.3 Å². The van der Waals surface area contributed by atoms with Crippen LogP contribution in [0, 0.1) is 0 Å². The predicted molar refractivity (Wildman–Crippen MR) is 159 cm³/mol. The Morgan fingerprint density at radius 3 is 2.56 bits per heavy atom. The third-order valence-electron chi connectivity index (χ3n) is 6.71. The molecule has 1 unspecified atom stereocenters. The SMILES string of the molecule is O=C(CSC1c2ccccc2COc2ccc(OCc3ccc4ccccc4n3)cc21)NS(=O)(=O)c1ccccc1. The summed E-state index contributed by atoms with van der Waals surface area (Å²) in [7, 11) is -3.96. The van der Waals surface area contributed by atoms with Gasteiger partial charge in [0.2, 0.25) is 5.91 Å². The fraction of sp³-hybridized carbons (Fsp3) is 0.125. The van der Waals surface area contributed by atoms with Crippen LogP contribution < -0.4 is 14.2 Å². The van der Waals surface area contributed by atoms with Crippen molar-refractivity contribution in [2.45, 2.75) is 23.4 Å². The minimum atomic E-state index is -3.96. The predicted octanol–water partition coefficient (Wildman–Crippen LogP) is 6.03. The maximum absolute atomic E-state index is 12.8. The van der Waals surface area contributed by atoms with Gasteiger partial charge < -0.3 is 9.47 Å². The summed E-state index contributed by atoms with van der Waals surface area (Å²) in [6.07, 6.45) is 0. The number of hydrogen-bond acceptors (Lipinski definition) is 7. The largest absolute Gasteiger partial charge is 0.489 e. The van der Waals surface area contributed by atoms with Crippen LogP contribution in [-0.2, 0) is 28.0 Å². The second-order valence-electron chi connectivity index (χ2n) is 9.50. The number of rotatable bonds is 8. The third kappa shape index (κ3) is 6.06. The highest BCUT2D eigenvalue weighted by molar-refractivity contribution is 8.00. The fourth-order valence-electron chi connectivity index (χ4n) is 4.72. The van der Waals surface area contributed by atoms with E-state index < -0.39 is 15.9 Å². The van der Waals surface area contributed by atoms with Crippen LogP contribution in [-0.4, -0.2) is 25.1 Å². The van der Waals surface area contributed by atoms with E-state index in [4.69, 9.17) is 14.5 Å². The summed E-state index contributed by atoms with van der Waals surface area (Å²) in [6, 6.07) is 33.3. The zero-order chi connectivity index (χ0) is 28.2. The van der Waals surface area contributed by atoms with Crippen LogP contribution in [0.1, 0.15) is 27.6 Å². The summed E-state index contributed by atoms with van der Waals surface area (Å²) in [5.41, 5.74) is 4.57. The molecule has 6 rings (SSSR count). The standard InChI is InChI=1S/C32H26N2O5S2/c35-31(34-41(36,37)26-10-2-1-3-11-26)21-40-32-27-12-6-4-9-23(27)19-39-30-17-16-25(18-28(30)32)38-20-24-15-14-22-8-5-7-13-29(22)33-24/h1-18,32H,19-21H2,(H,34,35). The number of hydrogen-bond donors (Lipinski definition) is 1. The molecule has 1 amide bonds. The molecule has 1 N–H and O–H groups in total. The van der Waals surface area contributed by atoms with Crippen LogP contribution in [0.2, 0.25) is 0 Å². The van der Waals surface area contributed by atoms with Crippen molar-refractivity contribution >= 4 is 38.6 Å². The normalized spacial score (nSPS) is 14.3. The van der Waals surface area contributed by atoms with E-state index in [2.05, 4.69) is 4.72 Å². The maximum Gasteiger partial charge on any atom is 0.264 e. The number of pyridine rings is 1. The van der Waals surface area contributed by atoms with E-state index in [0.29, 0.717) is 24.7 Å². The lowest BCUT2D eigenvalue weighted by molar-refractivity contribution is -0.116. The van der Waals surface area contributed by atoms with Gasteiger partial charge in [-0.05, 0) is 53.6 Å². The van der Waals surface area contributed by atoms with Crippen molar-refractivity contribution in [3.05, 3.63) is 132 Å². The average Bonchev–Trinajstić information content (AvgIpc) is 3.15. The van der Waals surface area contributed by atoms with Gasteiger partial charge in [-0.1, -0.05) is 66.7 Å². The van der Waals surface area contributed by atoms with Crippen LogP contribution in [0.25, 0.3) is 10.9 Å². The molecule has 4 aromatic carbocycles. The number of carbonyl (C=O) groups excluding carboxylic acids is 1. The lowest BCUT2D eigenvalue weighted by Crippen LogP contribution is -2.32. The molecule has 0 saturated heterocycles. The van der Waals surface area contributed by atoms with Gasteiger partial charge in [-0.3, -0.25) is 4.79 Å². The van der Waals surface area contributed by atoms with Gasteiger partial charge in [0, 0.05) is 10.9 Å². The van der Waals surface area contributed by atoms with Crippen molar-refractivity contribution in [1.29, 1.82) is 0 Å². The Hall–Kier alpha value is -4.34. The topological polar surface area (TPSA) is 94.6 Å². The van der Waals surface area contributed by atoms with E-state index in [1.54, 1.807) is 18.2 Å². The summed E-state index contributed by atoms with van der Waals surface area (Å²) in [5, 5.41) is 0.786. The van der Waals surface area contributed by atoms with Crippen molar-refractivity contribution in [2.24, 2.45) is 0 Å². The first-order valence-electron chi connectivity index (χ1n) is 13.0. The van der Waals surface area contributed by atoms with Gasteiger partial charge >= 0.3 is 0 Å². The lowest BCUT2D eigenvalue weighted by atomic mass is 10.00. The van der Waals surface area contributed by atoms with Crippen LogP contribution >= 0.6 is 11.8 Å². The van der Waals surface area contributed by atoms with Gasteiger partial charge in [0.25, 0.3) is 10.0 Å². The Kier molecular flexibility index (Phi) is 7.63. The second kappa shape index (κ2) is 11.6. The summed E-state index contributed by atoms with van der Waals surface area (Å²) >= 11 is 1.34. The number of benzene rings is 4. The molecule has 0 fully saturated rings. The minimum absolute atomic E-state index is 0.0413. The number of amides is 1. The van der Waals surface area contributed by atoms with Gasteiger partial charge in [0.15, 0.2) is 0 Å². The molecule has 1 aromatic heterocycles. The number of nitrogens with zero attached hydrogens (tertiary/aromatic N) is 1. The Morgan fingerprint density at radius 1 is 0.902 bits per heavy atom. The molecule has 1 atom stereocenters. The van der Waals surface area contributed by atoms with Crippen LogP contribution in [0.4, 0.5) is 0 Å². The van der Waals surface area contributed by atoms with Crippen molar-refractivity contribution in [1.82, 2.24) is 9.71 Å². The smallest absolute Gasteiger partial charge is 0.264 e. The number of thioether (sulfide) groups is 1. The number of para-hydroxylation sites is 1. The average molecular weight is 583 g/mol. The highest BCUT2D eigenvalue weighted by Gasteiger charge is 2.27. The monoisotopic (exact) mass is 582 g/mol. The van der Waals surface area contributed by atoms with Crippen molar-refractivity contribution in [3.8, 4) is 11.5 Å². The van der Waals surface area contributed by atoms with E-state index in [9.17, 15) is 13.2 Å². The number of ether oxygens (including phenoxy) is 2. The minimum Gasteiger partial charge on any atom is -0.489 e. The van der Waals surface area contributed by atoms with Gasteiger partial charge in [-0.15, -0.1) is 11.8 Å². The Labute approximate surface area is 242 Å². The molecule has 0 saturated carbocycles. The molecule has 9 heteroatoms. The summed E-state index contributed by atoms with van der Waals surface area (Å²) in [5.74, 6) is 0.657. The molecule has 2 heterocycles. The Bertz CT molecular complexity index is 1830. The van der Waals surface area contributed by atoms with Gasteiger partial charge in [-0.2, -0.15) is 0 Å². The molecular weight excluding hydrogens is 556 g/mol. The molecule has 1 aliphatic rings. The fourth-order valence-corrected chi connectivity index (χ4v) is 6.98. The molecule has 0 spiro atoms. The number of sulfonamides is 1. The summed E-state index contributed by atoms with van der Waals surface area (Å²) < 4.78 is 39.8. The molecule has 0 bridgehead atoms. The second-order valence-corrected chi connectivity index (χ2v) is 12.3. The number of aromatic nitrogens is 1. The zero-order valence-corrected chi connectivity index (χ0v) is 23.5. The number of nitrogens with one attached hydrogen (secondary N) is 1. The lowest BCUT2D eigenvalue weighted by Gasteiger charge is -2.19. The third-order valence-corrected chi connectivity index (χ3v) is 9.37. The van der Waals surface area contributed by atoms with Gasteiger partial charge in [0.05, 0.1) is 27.1 Å². The highest BCUT2D eigenvalue weighted by Crippen LogP contribution is 2.45. The molecule has 1 aliphatic heterocycles. The maximum atomic E-state index is 12.8. The number of fused-ring (bicyclic) bond motifs is 3. The quantitative estimate of drug-likeness (QED) is 0.239. The molecule has 0 radical (unpaired) electrons. The van der Waals surface area contributed by atoms with E-state index in [1.165, 1.54) is 23.9 Å². The zero-order valence-electron chi connectivity index (χ0n) is 21.9. The first kappa shape index (κ1) is 26.9. The van der Waals surface area contributed by atoms with E-state index >= 15 is 0 Å². The van der Waals surface area contributed by atoms with E-state index in [-0.39, 0.29) is 15.9 Å². The first-order valence-corrected chi connectivity index (χ1v) is 15.5. The summed E-state index contributed by atoms with van der Waals surface area (Å²) in [4.78, 5) is 17.6. The van der Waals surface area contributed by atoms with E-state index in [1.807, 2.05) is 78.9 Å². The number of carbonyl (C=O) groups is 1. The van der Waals surface area contributed by atoms with Crippen molar-refractivity contribution in [3.63, 3.8) is 0 Å². The Balaban J connectivity index is 1.23. The van der Waals surface area contributed by atoms with Crippen molar-refractivity contribution in [2.75, 3.05) is 5.75 Å². The van der Waals surface area contributed by atoms with Crippen molar-refractivity contribution < 1.29 is 22.7 Å². The van der Waals surface area contributed by atoms with Gasteiger partial charge in [-0.25, -0.2) is 18.1 Å². The molecule has 0 aliphatic carbocycles. The van der Waals surface area contributed by atoms with Crippen LogP contribution in [0.5, 0.6) is 11.5 Å². The molecule has 7 nitrogen and oxygen atoms in total. The van der Waals surface area contributed by atoms with Crippen LogP contribution in [0.15, 0.2) is 114 Å². The molecular formula is C32H26N2O5S2. The Morgan fingerprint density at radius 2 is 1.68 bits per heavy atom. The van der Waals surface area contributed by atoms with Gasteiger partial charge in [0.1, 0.15) is 24.7 Å². The van der Waals surface area contributed by atoms with Crippen LogP contribution in [0.3, 0.4) is 0 Å². The first-order chi connectivity index (χ1) is 20.0. The molecule has 5 aromatic rings. The highest BCUT2D eigenvalue weighted by atomic mass is 32.2.